The van der Waals surface area contributed by atoms with Crippen molar-refractivity contribution >= 4 is 5.95 Å². The van der Waals surface area contributed by atoms with E-state index in [0.29, 0.717) is 18.4 Å². The summed E-state index contributed by atoms with van der Waals surface area (Å²) in [4.78, 5) is 7.88. The van der Waals surface area contributed by atoms with Crippen LogP contribution in [0, 0.1) is 5.92 Å². The van der Waals surface area contributed by atoms with Crippen LogP contribution in [0.1, 0.15) is 12.6 Å². The first-order valence-corrected chi connectivity index (χ1v) is 4.00. The third kappa shape index (κ3) is 2.47. The van der Waals surface area contributed by atoms with Gasteiger partial charge in [-0.1, -0.05) is 6.92 Å². The van der Waals surface area contributed by atoms with E-state index in [0.717, 1.165) is 12.1 Å². The van der Waals surface area contributed by atoms with Gasteiger partial charge in [0, 0.05) is 11.9 Å². The summed E-state index contributed by atoms with van der Waals surface area (Å²) in [5.74, 6) is 0.774. The Morgan fingerprint density at radius 1 is 1.58 bits per heavy atom. The van der Waals surface area contributed by atoms with Gasteiger partial charge in [-0.2, -0.15) is 0 Å². The molecule has 0 saturated carbocycles. The van der Waals surface area contributed by atoms with E-state index < -0.39 is 0 Å². The Hall–Kier alpha value is -1.16. The SMILES string of the molecule is CC(CN)Cc1ccnc(N)n1. The first-order valence-electron chi connectivity index (χ1n) is 4.00. The average Bonchev–Trinajstić information content (AvgIpc) is 2.04. The molecule has 4 nitrogen and oxygen atoms in total. The molecular weight excluding hydrogens is 152 g/mol. The van der Waals surface area contributed by atoms with Crippen molar-refractivity contribution in [3.05, 3.63) is 18.0 Å². The monoisotopic (exact) mass is 166 g/mol. The van der Waals surface area contributed by atoms with Crippen LogP contribution in [-0.4, -0.2) is 16.5 Å². The van der Waals surface area contributed by atoms with Gasteiger partial charge < -0.3 is 11.5 Å². The summed E-state index contributed by atoms with van der Waals surface area (Å²) in [7, 11) is 0. The van der Waals surface area contributed by atoms with Crippen molar-refractivity contribution in [1.82, 2.24) is 9.97 Å². The maximum Gasteiger partial charge on any atom is 0.220 e. The van der Waals surface area contributed by atoms with E-state index in [1.54, 1.807) is 6.20 Å². The largest absolute Gasteiger partial charge is 0.368 e. The molecule has 1 aromatic heterocycles. The minimum atomic E-state index is 0.330. The van der Waals surface area contributed by atoms with Gasteiger partial charge in [-0.3, -0.25) is 0 Å². The van der Waals surface area contributed by atoms with E-state index in [2.05, 4.69) is 16.9 Å². The maximum atomic E-state index is 5.48. The quantitative estimate of drug-likeness (QED) is 0.672. The molecule has 0 fully saturated rings. The third-order valence-corrected chi connectivity index (χ3v) is 1.69. The fourth-order valence-corrected chi connectivity index (χ4v) is 0.967. The van der Waals surface area contributed by atoms with Crippen molar-refractivity contribution in [1.29, 1.82) is 0 Å². The van der Waals surface area contributed by atoms with E-state index in [1.807, 2.05) is 6.07 Å². The molecule has 0 radical (unpaired) electrons. The number of hydrogen-bond donors (Lipinski definition) is 2. The molecule has 0 aliphatic rings. The summed E-state index contributed by atoms with van der Waals surface area (Å²) >= 11 is 0. The molecule has 66 valence electrons. The Morgan fingerprint density at radius 2 is 2.33 bits per heavy atom. The molecule has 1 heterocycles. The lowest BCUT2D eigenvalue weighted by molar-refractivity contribution is 0.584. The molecule has 0 spiro atoms. The predicted octanol–water partition coefficient (Wildman–Crippen LogP) is 0.196. The minimum absolute atomic E-state index is 0.330. The first-order chi connectivity index (χ1) is 5.72. The highest BCUT2D eigenvalue weighted by molar-refractivity contribution is 5.17. The number of nitrogens with two attached hydrogens (primary N) is 2. The summed E-state index contributed by atoms with van der Waals surface area (Å²) < 4.78 is 0. The molecule has 0 aromatic carbocycles. The Morgan fingerprint density at radius 3 is 2.92 bits per heavy atom. The fraction of sp³-hybridized carbons (Fsp3) is 0.500. The van der Waals surface area contributed by atoms with Crippen molar-refractivity contribution in [2.75, 3.05) is 12.3 Å². The van der Waals surface area contributed by atoms with Crippen LogP contribution in [-0.2, 0) is 6.42 Å². The van der Waals surface area contributed by atoms with Gasteiger partial charge >= 0.3 is 0 Å². The number of aromatic nitrogens is 2. The van der Waals surface area contributed by atoms with Gasteiger partial charge in [0.15, 0.2) is 0 Å². The number of rotatable bonds is 3. The zero-order valence-electron chi connectivity index (χ0n) is 7.20. The van der Waals surface area contributed by atoms with Crippen LogP contribution in [0.4, 0.5) is 5.95 Å². The number of nitrogens with zero attached hydrogens (tertiary/aromatic N) is 2. The zero-order valence-corrected chi connectivity index (χ0v) is 7.20. The van der Waals surface area contributed by atoms with Gasteiger partial charge in [-0.25, -0.2) is 9.97 Å². The van der Waals surface area contributed by atoms with Gasteiger partial charge in [0.2, 0.25) is 5.95 Å². The molecule has 0 aliphatic heterocycles. The van der Waals surface area contributed by atoms with Crippen LogP contribution in [0.3, 0.4) is 0 Å². The minimum Gasteiger partial charge on any atom is -0.368 e. The van der Waals surface area contributed by atoms with Crippen LogP contribution >= 0.6 is 0 Å². The van der Waals surface area contributed by atoms with Crippen LogP contribution in [0.15, 0.2) is 12.3 Å². The number of anilines is 1. The lowest BCUT2D eigenvalue weighted by Gasteiger charge is -2.06. The standard InChI is InChI=1S/C8H14N4/c1-6(5-9)4-7-2-3-11-8(10)12-7/h2-3,6H,4-5,9H2,1H3,(H2,10,11,12). The van der Waals surface area contributed by atoms with Gasteiger partial charge in [0.05, 0.1) is 0 Å². The smallest absolute Gasteiger partial charge is 0.220 e. The Labute approximate surface area is 72.0 Å². The lowest BCUT2D eigenvalue weighted by Crippen LogP contribution is -2.14. The number of hydrogen-bond acceptors (Lipinski definition) is 4. The van der Waals surface area contributed by atoms with Crippen molar-refractivity contribution in [3.63, 3.8) is 0 Å². The molecule has 1 unspecified atom stereocenters. The molecule has 0 bridgehead atoms. The highest BCUT2D eigenvalue weighted by Crippen LogP contribution is 2.04. The summed E-state index contributed by atoms with van der Waals surface area (Å²) in [6, 6.07) is 1.86. The maximum absolute atomic E-state index is 5.48. The van der Waals surface area contributed by atoms with Crippen LogP contribution < -0.4 is 11.5 Å². The van der Waals surface area contributed by atoms with E-state index in [-0.39, 0.29) is 0 Å². The summed E-state index contributed by atoms with van der Waals surface area (Å²) in [6.45, 7) is 2.75. The third-order valence-electron chi connectivity index (χ3n) is 1.69. The van der Waals surface area contributed by atoms with Gasteiger partial charge in [0.1, 0.15) is 0 Å². The van der Waals surface area contributed by atoms with Crippen molar-refractivity contribution in [3.8, 4) is 0 Å². The molecule has 0 aliphatic carbocycles. The van der Waals surface area contributed by atoms with Crippen molar-refractivity contribution in [2.24, 2.45) is 11.7 Å². The van der Waals surface area contributed by atoms with Crippen molar-refractivity contribution in [2.45, 2.75) is 13.3 Å². The van der Waals surface area contributed by atoms with Crippen LogP contribution in [0.2, 0.25) is 0 Å². The fourth-order valence-electron chi connectivity index (χ4n) is 0.967. The summed E-state index contributed by atoms with van der Waals surface area (Å²) in [6.07, 6.45) is 2.53. The molecule has 1 rings (SSSR count). The molecule has 0 saturated heterocycles. The average molecular weight is 166 g/mol. The topological polar surface area (TPSA) is 77.8 Å². The second-order valence-electron chi connectivity index (χ2n) is 2.95. The summed E-state index contributed by atoms with van der Waals surface area (Å²) in [5.41, 5.74) is 11.9. The normalized spacial score (nSPS) is 12.8. The Bertz CT molecular complexity index is 249. The molecule has 4 heteroatoms. The molecule has 4 N–H and O–H groups in total. The number of nitrogen functional groups attached to an aromatic ring is 1. The summed E-state index contributed by atoms with van der Waals surface area (Å²) in [5, 5.41) is 0. The van der Waals surface area contributed by atoms with Crippen LogP contribution in [0.25, 0.3) is 0 Å². The van der Waals surface area contributed by atoms with E-state index >= 15 is 0 Å². The van der Waals surface area contributed by atoms with E-state index in [9.17, 15) is 0 Å². The Balaban J connectivity index is 2.63. The molecule has 12 heavy (non-hydrogen) atoms. The van der Waals surface area contributed by atoms with E-state index in [4.69, 9.17) is 11.5 Å². The molecule has 0 amide bonds. The zero-order chi connectivity index (χ0) is 8.97. The van der Waals surface area contributed by atoms with Gasteiger partial charge in [0.25, 0.3) is 0 Å². The predicted molar refractivity (Wildman–Crippen MR) is 48.4 cm³/mol. The van der Waals surface area contributed by atoms with Gasteiger partial charge in [-0.15, -0.1) is 0 Å². The lowest BCUT2D eigenvalue weighted by atomic mass is 10.1. The van der Waals surface area contributed by atoms with Crippen LogP contribution in [0.5, 0.6) is 0 Å². The van der Waals surface area contributed by atoms with Crippen molar-refractivity contribution < 1.29 is 0 Å². The molecular formula is C8H14N4. The molecule has 1 atom stereocenters. The molecule has 1 aromatic rings. The highest BCUT2D eigenvalue weighted by atomic mass is 15.0. The van der Waals surface area contributed by atoms with Gasteiger partial charge in [-0.05, 0) is 24.9 Å². The second-order valence-corrected chi connectivity index (χ2v) is 2.95. The Kier molecular flexibility index (Phi) is 2.99. The second kappa shape index (κ2) is 4.01. The van der Waals surface area contributed by atoms with E-state index in [1.165, 1.54) is 0 Å². The first kappa shape index (κ1) is 8.93. The highest BCUT2D eigenvalue weighted by Gasteiger charge is 2.02.